The fourth-order valence-electron chi connectivity index (χ4n) is 2.32. The van der Waals surface area contributed by atoms with Crippen LogP contribution in [0.5, 0.6) is 0 Å². The Hall–Kier alpha value is -1.16. The lowest BCUT2D eigenvalue weighted by atomic mass is 10.2. The van der Waals surface area contributed by atoms with E-state index in [9.17, 15) is 0 Å². The zero-order valence-electron chi connectivity index (χ0n) is 11.3. The van der Waals surface area contributed by atoms with Crippen molar-refractivity contribution >= 4 is 5.82 Å². The molecule has 17 heavy (non-hydrogen) atoms. The molecule has 0 radical (unpaired) electrons. The van der Waals surface area contributed by atoms with Gasteiger partial charge in [-0.05, 0) is 18.8 Å². The molecule has 4 heteroatoms. The molecule has 1 fully saturated rings. The van der Waals surface area contributed by atoms with E-state index >= 15 is 0 Å². The van der Waals surface area contributed by atoms with Crippen molar-refractivity contribution in [2.24, 2.45) is 0 Å². The molecule has 1 aromatic rings. The Bertz CT molecular complexity index is 358. The summed E-state index contributed by atoms with van der Waals surface area (Å²) < 4.78 is 2.25. The van der Waals surface area contributed by atoms with Gasteiger partial charge in [-0.15, -0.1) is 0 Å². The summed E-state index contributed by atoms with van der Waals surface area (Å²) in [6, 6.07) is 3.31. The number of likely N-dealkylation sites (tertiary alicyclic amines) is 1. The van der Waals surface area contributed by atoms with Crippen molar-refractivity contribution in [2.75, 3.05) is 32.1 Å². The molecule has 1 aromatic heterocycles. The fraction of sp³-hybridized carbons (Fsp3) is 0.692. The summed E-state index contributed by atoms with van der Waals surface area (Å²) in [4.78, 5) is 9.02. The summed E-state index contributed by atoms with van der Waals surface area (Å²) in [7, 11) is 4.03. The van der Waals surface area contributed by atoms with Crippen molar-refractivity contribution < 1.29 is 4.57 Å². The molecule has 0 saturated carbocycles. The van der Waals surface area contributed by atoms with Crippen LogP contribution in [0.2, 0.25) is 0 Å². The van der Waals surface area contributed by atoms with Gasteiger partial charge >= 0.3 is 0 Å². The number of hydrogen-bond acceptors (Lipinski definition) is 3. The lowest BCUT2D eigenvalue weighted by Crippen LogP contribution is -2.42. The van der Waals surface area contributed by atoms with Crippen molar-refractivity contribution in [3.63, 3.8) is 0 Å². The van der Waals surface area contributed by atoms with E-state index in [0.717, 1.165) is 12.4 Å². The highest BCUT2D eigenvalue weighted by molar-refractivity contribution is 5.32. The highest BCUT2D eigenvalue weighted by atomic mass is 15.2. The van der Waals surface area contributed by atoms with Crippen LogP contribution in [0.25, 0.3) is 0 Å². The van der Waals surface area contributed by atoms with Crippen LogP contribution < -0.4 is 9.47 Å². The zero-order chi connectivity index (χ0) is 12.4. The van der Waals surface area contributed by atoms with Crippen molar-refractivity contribution in [2.45, 2.75) is 32.4 Å². The molecule has 2 heterocycles. The summed E-state index contributed by atoms with van der Waals surface area (Å²) in [5.74, 6) is 1.01. The Balaban J connectivity index is 2.04. The van der Waals surface area contributed by atoms with Crippen LogP contribution in [0, 0.1) is 0 Å². The van der Waals surface area contributed by atoms with E-state index < -0.39 is 0 Å². The minimum atomic E-state index is 0.584. The second-order valence-corrected chi connectivity index (χ2v) is 5.29. The van der Waals surface area contributed by atoms with Gasteiger partial charge in [0, 0.05) is 45.7 Å². The molecular weight excluding hydrogens is 212 g/mol. The van der Waals surface area contributed by atoms with E-state index in [-0.39, 0.29) is 0 Å². The smallest absolute Gasteiger partial charge is 0.289 e. The first-order valence-electron chi connectivity index (χ1n) is 6.36. The average molecular weight is 235 g/mol. The largest absolute Gasteiger partial charge is 0.342 e. The van der Waals surface area contributed by atoms with E-state index in [2.05, 4.69) is 40.6 Å². The first-order valence-corrected chi connectivity index (χ1v) is 6.36. The second-order valence-electron chi connectivity index (χ2n) is 5.29. The number of rotatable bonds is 3. The lowest BCUT2D eigenvalue weighted by Gasteiger charge is -2.19. The molecule has 0 amide bonds. The molecule has 1 unspecified atom stereocenters. The van der Waals surface area contributed by atoms with Gasteiger partial charge in [-0.25, -0.2) is 4.57 Å². The van der Waals surface area contributed by atoms with Gasteiger partial charge in [0.05, 0.1) is 6.20 Å². The number of hydrogen-bond donors (Lipinski definition) is 0. The normalized spacial score (nSPS) is 21.1. The van der Waals surface area contributed by atoms with E-state index in [1.807, 2.05) is 25.3 Å². The summed E-state index contributed by atoms with van der Waals surface area (Å²) in [6.45, 7) is 6.87. The van der Waals surface area contributed by atoms with Crippen molar-refractivity contribution in [1.82, 2.24) is 9.88 Å². The highest BCUT2D eigenvalue weighted by Gasteiger charge is 2.28. The summed E-state index contributed by atoms with van der Waals surface area (Å²) in [5.41, 5.74) is 0. The van der Waals surface area contributed by atoms with Gasteiger partial charge in [-0.3, -0.25) is 4.90 Å². The maximum atomic E-state index is 4.46. The lowest BCUT2D eigenvalue weighted by molar-refractivity contribution is -0.722. The molecular formula is C13H23N4+. The van der Waals surface area contributed by atoms with Crippen LogP contribution in [-0.4, -0.2) is 43.1 Å². The third-order valence-electron chi connectivity index (χ3n) is 3.52. The zero-order valence-corrected chi connectivity index (χ0v) is 11.3. The van der Waals surface area contributed by atoms with Crippen molar-refractivity contribution in [3.05, 3.63) is 18.6 Å². The Morgan fingerprint density at radius 1 is 1.47 bits per heavy atom. The Kier molecular flexibility index (Phi) is 3.62. The van der Waals surface area contributed by atoms with Gasteiger partial charge in [0.2, 0.25) is 5.82 Å². The van der Waals surface area contributed by atoms with Gasteiger partial charge < -0.3 is 4.90 Å². The van der Waals surface area contributed by atoms with Gasteiger partial charge in [0.15, 0.2) is 0 Å². The standard InChI is InChI=1S/C13H23N4/c1-11(2)16-7-5-12(9-16)17-8-6-13(14-10-17)15(3)4/h6,8,10-12H,5,7,9H2,1-4H3/q+1. The molecule has 1 aliphatic heterocycles. The predicted molar refractivity (Wildman–Crippen MR) is 69.1 cm³/mol. The Morgan fingerprint density at radius 3 is 2.71 bits per heavy atom. The molecule has 0 spiro atoms. The van der Waals surface area contributed by atoms with Crippen LogP contribution in [0.4, 0.5) is 5.82 Å². The summed E-state index contributed by atoms with van der Waals surface area (Å²) in [5, 5.41) is 0. The molecule has 0 aromatic carbocycles. The van der Waals surface area contributed by atoms with E-state index in [1.165, 1.54) is 13.0 Å². The summed E-state index contributed by atoms with van der Waals surface area (Å²) in [6.07, 6.45) is 5.34. The summed E-state index contributed by atoms with van der Waals surface area (Å²) >= 11 is 0. The minimum Gasteiger partial charge on any atom is -0.342 e. The van der Waals surface area contributed by atoms with Crippen LogP contribution in [0.1, 0.15) is 26.3 Å². The maximum Gasteiger partial charge on any atom is 0.289 e. The average Bonchev–Trinajstić information content (AvgIpc) is 2.78. The van der Waals surface area contributed by atoms with E-state index in [4.69, 9.17) is 0 Å². The number of aromatic nitrogens is 2. The molecule has 0 N–H and O–H groups in total. The first kappa shape index (κ1) is 12.3. The van der Waals surface area contributed by atoms with Crippen LogP contribution in [-0.2, 0) is 0 Å². The van der Waals surface area contributed by atoms with Gasteiger partial charge in [-0.1, -0.05) is 0 Å². The Morgan fingerprint density at radius 2 is 2.24 bits per heavy atom. The molecule has 2 rings (SSSR count). The number of nitrogens with zero attached hydrogens (tertiary/aromatic N) is 4. The Labute approximate surface area is 104 Å². The molecule has 94 valence electrons. The van der Waals surface area contributed by atoms with Gasteiger partial charge in [-0.2, -0.15) is 0 Å². The number of anilines is 1. The van der Waals surface area contributed by atoms with E-state index in [1.54, 1.807) is 0 Å². The molecule has 1 atom stereocenters. The third kappa shape index (κ3) is 2.75. The third-order valence-corrected chi connectivity index (χ3v) is 3.52. The topological polar surface area (TPSA) is 23.2 Å². The SMILES string of the molecule is CC(C)N1CCC([n+]2ccc(N(C)C)nc2)C1. The second kappa shape index (κ2) is 5.00. The van der Waals surface area contributed by atoms with Crippen LogP contribution >= 0.6 is 0 Å². The monoisotopic (exact) mass is 235 g/mol. The quantitative estimate of drug-likeness (QED) is 0.733. The van der Waals surface area contributed by atoms with Crippen LogP contribution in [0.3, 0.4) is 0 Å². The molecule has 1 aliphatic rings. The maximum absolute atomic E-state index is 4.46. The molecule has 0 bridgehead atoms. The molecule has 4 nitrogen and oxygen atoms in total. The predicted octanol–water partition coefficient (Wildman–Crippen LogP) is 1.09. The van der Waals surface area contributed by atoms with Gasteiger partial charge in [0.1, 0.15) is 6.04 Å². The van der Waals surface area contributed by atoms with E-state index in [0.29, 0.717) is 12.1 Å². The highest BCUT2D eigenvalue weighted by Crippen LogP contribution is 2.18. The minimum absolute atomic E-state index is 0.584. The molecule has 1 saturated heterocycles. The van der Waals surface area contributed by atoms with Gasteiger partial charge in [0.25, 0.3) is 6.33 Å². The van der Waals surface area contributed by atoms with Crippen molar-refractivity contribution in [3.8, 4) is 0 Å². The first-order chi connectivity index (χ1) is 8.08. The molecule has 0 aliphatic carbocycles. The van der Waals surface area contributed by atoms with Crippen molar-refractivity contribution in [1.29, 1.82) is 0 Å². The van der Waals surface area contributed by atoms with Crippen LogP contribution in [0.15, 0.2) is 18.6 Å². The fourth-order valence-corrected chi connectivity index (χ4v) is 2.32.